The maximum Gasteiger partial charge on any atom is 0.396 e. The fraction of sp³-hybridized carbons (Fsp3) is 0.412. The molecule has 0 bridgehead atoms. The summed E-state index contributed by atoms with van der Waals surface area (Å²) in [5.41, 5.74) is 1.09. The Hall–Kier alpha value is -1.88. The van der Waals surface area contributed by atoms with Crippen molar-refractivity contribution in [2.45, 2.75) is 25.8 Å². The third-order valence-electron chi connectivity index (χ3n) is 4.30. The molecular weight excluding hydrogens is 298 g/mol. The van der Waals surface area contributed by atoms with Crippen LogP contribution in [0.1, 0.15) is 31.4 Å². The summed E-state index contributed by atoms with van der Waals surface area (Å²) >= 11 is 1.70. The summed E-state index contributed by atoms with van der Waals surface area (Å²) in [4.78, 5) is 25.7. The summed E-state index contributed by atoms with van der Waals surface area (Å²) in [5.74, 6) is -0.921. The van der Waals surface area contributed by atoms with Gasteiger partial charge in [0.1, 0.15) is 0 Å². The number of carbonyl (C=O) groups is 2. The van der Waals surface area contributed by atoms with E-state index in [9.17, 15) is 9.59 Å². The molecule has 2 aromatic rings. The van der Waals surface area contributed by atoms with Crippen molar-refractivity contribution in [1.82, 2.24) is 4.90 Å². The Labute approximate surface area is 133 Å². The lowest BCUT2D eigenvalue weighted by Gasteiger charge is -2.38. The van der Waals surface area contributed by atoms with E-state index < -0.39 is 11.9 Å². The molecule has 1 aromatic heterocycles. The van der Waals surface area contributed by atoms with Crippen LogP contribution in [0.15, 0.2) is 29.6 Å². The maximum absolute atomic E-state index is 12.3. The number of methoxy groups -OCH3 is 1. The molecule has 1 amide bonds. The van der Waals surface area contributed by atoms with Gasteiger partial charge < -0.3 is 9.64 Å². The third-order valence-corrected chi connectivity index (χ3v) is 5.20. The minimum atomic E-state index is -0.782. The zero-order valence-corrected chi connectivity index (χ0v) is 13.6. The number of likely N-dealkylation sites (tertiary alicyclic amines) is 1. The molecule has 0 aliphatic carbocycles. The quantitative estimate of drug-likeness (QED) is 0.598. The number of ether oxygens (including phenoxy) is 1. The molecule has 0 spiro atoms. The van der Waals surface area contributed by atoms with Crippen molar-refractivity contribution in [3.05, 3.63) is 35.2 Å². The molecule has 5 heteroatoms. The van der Waals surface area contributed by atoms with Crippen molar-refractivity contribution < 1.29 is 14.3 Å². The van der Waals surface area contributed by atoms with Crippen LogP contribution in [0, 0.1) is 5.92 Å². The first-order valence-corrected chi connectivity index (χ1v) is 8.34. The first-order chi connectivity index (χ1) is 10.6. The highest BCUT2D eigenvalue weighted by Crippen LogP contribution is 2.35. The summed E-state index contributed by atoms with van der Waals surface area (Å²) < 4.78 is 5.85. The minimum absolute atomic E-state index is 0.0490. The van der Waals surface area contributed by atoms with Gasteiger partial charge in [0.15, 0.2) is 0 Å². The summed E-state index contributed by atoms with van der Waals surface area (Å²) in [7, 11) is 1.25. The molecule has 0 saturated carbocycles. The molecule has 2 heterocycles. The van der Waals surface area contributed by atoms with Gasteiger partial charge in [-0.15, -0.1) is 11.3 Å². The summed E-state index contributed by atoms with van der Waals surface area (Å²) in [6, 6.07) is 8.32. The SMILES string of the molecule is COC(=O)C(=O)N1CC(C)CCC1c1ccc2sccc2c1. The first-order valence-electron chi connectivity index (χ1n) is 7.46. The van der Waals surface area contributed by atoms with Gasteiger partial charge in [-0.3, -0.25) is 4.79 Å². The molecule has 116 valence electrons. The molecule has 3 rings (SSSR count). The fourth-order valence-corrected chi connectivity index (χ4v) is 3.89. The van der Waals surface area contributed by atoms with Gasteiger partial charge in [0, 0.05) is 11.2 Å². The van der Waals surface area contributed by atoms with Crippen LogP contribution >= 0.6 is 11.3 Å². The van der Waals surface area contributed by atoms with Crippen molar-refractivity contribution in [2.24, 2.45) is 5.92 Å². The van der Waals surface area contributed by atoms with E-state index >= 15 is 0 Å². The Balaban J connectivity index is 1.94. The van der Waals surface area contributed by atoms with Crippen LogP contribution < -0.4 is 0 Å². The second kappa shape index (κ2) is 6.08. The molecule has 0 N–H and O–H groups in total. The largest absolute Gasteiger partial charge is 0.462 e. The highest BCUT2D eigenvalue weighted by Gasteiger charge is 2.34. The topological polar surface area (TPSA) is 46.6 Å². The predicted molar refractivity (Wildman–Crippen MR) is 86.7 cm³/mol. The van der Waals surface area contributed by atoms with Crippen LogP contribution in [0.25, 0.3) is 10.1 Å². The molecule has 1 saturated heterocycles. The van der Waals surface area contributed by atoms with E-state index in [-0.39, 0.29) is 6.04 Å². The third kappa shape index (κ3) is 2.73. The van der Waals surface area contributed by atoms with Crippen LogP contribution in [0.4, 0.5) is 0 Å². The van der Waals surface area contributed by atoms with E-state index in [4.69, 9.17) is 0 Å². The molecule has 0 radical (unpaired) electrons. The summed E-state index contributed by atoms with van der Waals surface area (Å²) in [5, 5.41) is 3.25. The first kappa shape index (κ1) is 15.0. The maximum atomic E-state index is 12.3. The average Bonchev–Trinajstić information content (AvgIpc) is 3.00. The van der Waals surface area contributed by atoms with Crippen molar-refractivity contribution in [1.29, 1.82) is 0 Å². The van der Waals surface area contributed by atoms with Crippen LogP contribution in [0.5, 0.6) is 0 Å². The zero-order valence-electron chi connectivity index (χ0n) is 12.7. The van der Waals surface area contributed by atoms with Crippen LogP contribution in [0.3, 0.4) is 0 Å². The average molecular weight is 317 g/mol. The van der Waals surface area contributed by atoms with Gasteiger partial charge in [-0.2, -0.15) is 0 Å². The van der Waals surface area contributed by atoms with E-state index in [1.165, 1.54) is 17.2 Å². The zero-order chi connectivity index (χ0) is 15.7. The lowest BCUT2D eigenvalue weighted by molar-refractivity contribution is -0.160. The van der Waals surface area contributed by atoms with Crippen LogP contribution in [0.2, 0.25) is 0 Å². The molecule has 22 heavy (non-hydrogen) atoms. The van der Waals surface area contributed by atoms with Gasteiger partial charge in [0.2, 0.25) is 0 Å². The lowest BCUT2D eigenvalue weighted by Crippen LogP contribution is -2.45. The number of amides is 1. The monoisotopic (exact) mass is 317 g/mol. The Bertz CT molecular complexity index is 709. The Kier molecular flexibility index (Phi) is 4.16. The van der Waals surface area contributed by atoms with Crippen molar-refractivity contribution in [3.8, 4) is 0 Å². The number of esters is 1. The highest BCUT2D eigenvalue weighted by molar-refractivity contribution is 7.17. The standard InChI is InChI=1S/C17H19NO3S/c1-11-3-5-14(18(10-11)16(19)17(20)21-2)12-4-6-15-13(9-12)7-8-22-15/h4,6-9,11,14H,3,5,10H2,1-2H3. The van der Waals surface area contributed by atoms with Gasteiger partial charge in [-0.25, -0.2) is 4.79 Å². The van der Waals surface area contributed by atoms with Gasteiger partial charge in [0.05, 0.1) is 13.2 Å². The van der Waals surface area contributed by atoms with Gasteiger partial charge >= 0.3 is 11.9 Å². The number of rotatable bonds is 1. The molecule has 2 unspecified atom stereocenters. The van der Waals surface area contributed by atoms with Gasteiger partial charge in [-0.1, -0.05) is 13.0 Å². The van der Waals surface area contributed by atoms with E-state index in [1.807, 2.05) is 0 Å². The number of piperidine rings is 1. The Morgan fingerprint density at radius 2 is 2.09 bits per heavy atom. The molecular formula is C17H19NO3S. The van der Waals surface area contributed by atoms with Crippen LogP contribution in [-0.2, 0) is 14.3 Å². The normalized spacial score (nSPS) is 21.8. The second-order valence-electron chi connectivity index (χ2n) is 5.87. The number of hydrogen-bond donors (Lipinski definition) is 0. The molecule has 1 aliphatic heterocycles. The number of hydrogen-bond acceptors (Lipinski definition) is 4. The predicted octanol–water partition coefficient (Wildman–Crippen LogP) is 3.37. The summed E-state index contributed by atoms with van der Waals surface area (Å²) in [6.07, 6.45) is 1.93. The van der Waals surface area contributed by atoms with Crippen molar-refractivity contribution >= 4 is 33.3 Å². The van der Waals surface area contributed by atoms with Gasteiger partial charge in [-0.05, 0) is 53.3 Å². The van der Waals surface area contributed by atoms with E-state index in [1.54, 1.807) is 16.2 Å². The number of nitrogens with zero attached hydrogens (tertiary/aromatic N) is 1. The highest BCUT2D eigenvalue weighted by atomic mass is 32.1. The molecule has 1 aromatic carbocycles. The van der Waals surface area contributed by atoms with E-state index in [0.717, 1.165) is 18.4 Å². The van der Waals surface area contributed by atoms with Crippen molar-refractivity contribution in [2.75, 3.05) is 13.7 Å². The van der Waals surface area contributed by atoms with Crippen LogP contribution in [-0.4, -0.2) is 30.4 Å². The molecule has 1 aliphatic rings. The number of benzene rings is 1. The lowest BCUT2D eigenvalue weighted by atomic mass is 9.89. The van der Waals surface area contributed by atoms with Crippen molar-refractivity contribution in [3.63, 3.8) is 0 Å². The van der Waals surface area contributed by atoms with Gasteiger partial charge in [0.25, 0.3) is 0 Å². The number of carbonyl (C=O) groups excluding carboxylic acids is 2. The minimum Gasteiger partial charge on any atom is -0.462 e. The number of thiophene rings is 1. The molecule has 4 nitrogen and oxygen atoms in total. The van der Waals surface area contributed by atoms with E-state index in [0.29, 0.717) is 12.5 Å². The molecule has 2 atom stereocenters. The number of fused-ring (bicyclic) bond motifs is 1. The smallest absolute Gasteiger partial charge is 0.396 e. The fourth-order valence-electron chi connectivity index (χ4n) is 3.12. The van der Waals surface area contributed by atoms with E-state index in [2.05, 4.69) is 41.3 Å². The second-order valence-corrected chi connectivity index (χ2v) is 6.81. The molecule has 1 fully saturated rings. The summed E-state index contributed by atoms with van der Waals surface area (Å²) in [6.45, 7) is 2.70. The Morgan fingerprint density at radius 1 is 1.27 bits per heavy atom. The Morgan fingerprint density at radius 3 is 2.86 bits per heavy atom.